The molecule has 0 unspecified atom stereocenters. The first-order chi connectivity index (χ1) is 14.8. The monoisotopic (exact) mass is 460 g/mol. The van der Waals surface area contributed by atoms with Gasteiger partial charge in [0.05, 0.1) is 33.5 Å². The molecule has 0 radical (unpaired) electrons. The minimum absolute atomic E-state index is 0.0822. The number of nitrogens with one attached hydrogen (secondary N) is 2. The molecule has 0 bridgehead atoms. The van der Waals surface area contributed by atoms with E-state index in [9.17, 15) is 13.2 Å². The standard InChI is InChI=1S/C22H25ClN4O3S/c1-14(2)20(21-24-17-7-3-4-8-18(17)25-21)26-22(28)15-9-10-16(23)19(13-15)27-11-5-6-12-31(27,29)30/h3-4,7-10,13-14,20H,5-6,11-12H2,1-2H3,(H,24,25)(H,26,28)/t20-/m0/s1. The smallest absolute Gasteiger partial charge is 0.251 e. The van der Waals surface area contributed by atoms with Gasteiger partial charge >= 0.3 is 0 Å². The minimum Gasteiger partial charge on any atom is -0.342 e. The molecule has 1 saturated heterocycles. The number of sulfonamides is 1. The van der Waals surface area contributed by atoms with Crippen LogP contribution >= 0.6 is 11.6 Å². The fraction of sp³-hybridized carbons (Fsp3) is 0.364. The van der Waals surface area contributed by atoms with Gasteiger partial charge in [-0.15, -0.1) is 0 Å². The number of hydrogen-bond donors (Lipinski definition) is 2. The van der Waals surface area contributed by atoms with Crippen molar-refractivity contribution in [1.82, 2.24) is 15.3 Å². The Labute approximate surface area is 186 Å². The molecule has 1 aliphatic rings. The highest BCUT2D eigenvalue weighted by atomic mass is 35.5. The maximum atomic E-state index is 13.1. The van der Waals surface area contributed by atoms with Crippen molar-refractivity contribution in [3.8, 4) is 0 Å². The Bertz CT molecular complexity index is 1190. The number of imidazole rings is 1. The molecule has 1 aromatic heterocycles. The average Bonchev–Trinajstić information content (AvgIpc) is 3.15. The van der Waals surface area contributed by atoms with Gasteiger partial charge in [0.1, 0.15) is 5.82 Å². The van der Waals surface area contributed by atoms with Gasteiger partial charge in [-0.1, -0.05) is 37.6 Å². The quantitative estimate of drug-likeness (QED) is 0.594. The van der Waals surface area contributed by atoms with E-state index >= 15 is 0 Å². The molecule has 1 fully saturated rings. The molecular formula is C22H25ClN4O3S. The first-order valence-electron chi connectivity index (χ1n) is 10.3. The summed E-state index contributed by atoms with van der Waals surface area (Å²) in [6, 6.07) is 12.1. The molecule has 1 aliphatic heterocycles. The molecule has 0 spiro atoms. The van der Waals surface area contributed by atoms with E-state index in [-0.39, 0.29) is 23.6 Å². The van der Waals surface area contributed by atoms with Crippen LogP contribution < -0.4 is 9.62 Å². The highest BCUT2D eigenvalue weighted by molar-refractivity contribution is 7.92. The van der Waals surface area contributed by atoms with Crippen molar-refractivity contribution in [2.24, 2.45) is 5.92 Å². The predicted octanol–water partition coefficient (Wildman–Crippen LogP) is 4.27. The summed E-state index contributed by atoms with van der Waals surface area (Å²) in [4.78, 5) is 21.0. The number of rotatable bonds is 5. The average molecular weight is 461 g/mol. The fourth-order valence-corrected chi connectivity index (χ4v) is 5.72. The molecule has 7 nitrogen and oxygen atoms in total. The molecule has 0 saturated carbocycles. The van der Waals surface area contributed by atoms with E-state index in [1.165, 1.54) is 4.31 Å². The molecule has 1 amide bonds. The van der Waals surface area contributed by atoms with Gasteiger partial charge in [0.2, 0.25) is 10.0 Å². The lowest BCUT2D eigenvalue weighted by Crippen LogP contribution is -2.38. The number of anilines is 1. The van der Waals surface area contributed by atoms with Gasteiger partial charge in [0.15, 0.2) is 0 Å². The summed E-state index contributed by atoms with van der Waals surface area (Å²) in [5.74, 6) is 0.531. The third-order valence-corrected chi connectivity index (χ3v) is 7.66. The van der Waals surface area contributed by atoms with E-state index in [1.807, 2.05) is 38.1 Å². The largest absolute Gasteiger partial charge is 0.342 e. The second-order valence-electron chi connectivity index (χ2n) is 8.10. The van der Waals surface area contributed by atoms with Crippen molar-refractivity contribution in [2.45, 2.75) is 32.7 Å². The zero-order valence-electron chi connectivity index (χ0n) is 17.4. The molecule has 31 heavy (non-hydrogen) atoms. The molecule has 2 aromatic carbocycles. The summed E-state index contributed by atoms with van der Waals surface area (Å²) < 4.78 is 26.3. The van der Waals surface area contributed by atoms with E-state index in [4.69, 9.17) is 11.6 Å². The summed E-state index contributed by atoms with van der Waals surface area (Å²) in [6.07, 6.45) is 1.39. The molecule has 2 heterocycles. The van der Waals surface area contributed by atoms with Crippen LogP contribution in [0.15, 0.2) is 42.5 Å². The van der Waals surface area contributed by atoms with E-state index in [0.717, 1.165) is 17.5 Å². The summed E-state index contributed by atoms with van der Waals surface area (Å²) >= 11 is 6.31. The summed E-state index contributed by atoms with van der Waals surface area (Å²) in [5.41, 5.74) is 2.43. The molecule has 4 rings (SSSR count). The van der Waals surface area contributed by atoms with E-state index in [0.29, 0.717) is 35.1 Å². The predicted molar refractivity (Wildman–Crippen MR) is 123 cm³/mol. The highest BCUT2D eigenvalue weighted by Crippen LogP contribution is 2.32. The number of hydrogen-bond acceptors (Lipinski definition) is 4. The van der Waals surface area contributed by atoms with Crippen molar-refractivity contribution >= 4 is 44.3 Å². The number of carbonyl (C=O) groups excluding carboxylic acids is 1. The van der Waals surface area contributed by atoms with E-state index in [1.54, 1.807) is 18.2 Å². The van der Waals surface area contributed by atoms with Crippen LogP contribution in [-0.4, -0.2) is 36.6 Å². The Balaban J connectivity index is 1.62. The van der Waals surface area contributed by atoms with Gasteiger partial charge < -0.3 is 10.3 Å². The number of fused-ring (bicyclic) bond motifs is 1. The van der Waals surface area contributed by atoms with Gasteiger partial charge in [-0.2, -0.15) is 0 Å². The number of para-hydroxylation sites is 2. The van der Waals surface area contributed by atoms with E-state index in [2.05, 4.69) is 15.3 Å². The lowest BCUT2D eigenvalue weighted by atomic mass is 10.0. The number of aromatic nitrogens is 2. The van der Waals surface area contributed by atoms with Crippen LogP contribution in [0.2, 0.25) is 5.02 Å². The van der Waals surface area contributed by atoms with Crippen molar-refractivity contribution in [2.75, 3.05) is 16.6 Å². The van der Waals surface area contributed by atoms with Gasteiger partial charge in [-0.25, -0.2) is 13.4 Å². The second kappa shape index (κ2) is 8.51. The van der Waals surface area contributed by atoms with Crippen molar-refractivity contribution in [3.05, 3.63) is 58.9 Å². The molecule has 3 aromatic rings. The van der Waals surface area contributed by atoms with Gasteiger partial charge in [0.25, 0.3) is 5.91 Å². The van der Waals surface area contributed by atoms with Crippen molar-refractivity contribution in [1.29, 1.82) is 0 Å². The maximum Gasteiger partial charge on any atom is 0.251 e. The van der Waals surface area contributed by atoms with Gasteiger partial charge in [-0.3, -0.25) is 9.10 Å². The lowest BCUT2D eigenvalue weighted by Gasteiger charge is -2.29. The van der Waals surface area contributed by atoms with Crippen LogP contribution in [0.1, 0.15) is 48.9 Å². The van der Waals surface area contributed by atoms with Crippen LogP contribution in [0.25, 0.3) is 11.0 Å². The Morgan fingerprint density at radius 3 is 2.68 bits per heavy atom. The number of nitrogens with zero attached hydrogens (tertiary/aromatic N) is 2. The topological polar surface area (TPSA) is 95.2 Å². The normalized spacial score (nSPS) is 17.1. The first kappa shape index (κ1) is 21.6. The lowest BCUT2D eigenvalue weighted by molar-refractivity contribution is 0.0923. The van der Waals surface area contributed by atoms with Crippen LogP contribution in [0.3, 0.4) is 0 Å². The zero-order chi connectivity index (χ0) is 22.2. The van der Waals surface area contributed by atoms with Crippen LogP contribution in [0, 0.1) is 5.92 Å². The summed E-state index contributed by atoms with van der Waals surface area (Å²) in [7, 11) is -3.43. The molecule has 0 aliphatic carbocycles. The molecule has 164 valence electrons. The maximum absolute atomic E-state index is 13.1. The number of halogens is 1. The van der Waals surface area contributed by atoms with Gasteiger partial charge in [-0.05, 0) is 49.1 Å². The first-order valence-corrected chi connectivity index (χ1v) is 12.3. The Kier molecular flexibility index (Phi) is 5.94. The molecular weight excluding hydrogens is 436 g/mol. The highest BCUT2D eigenvalue weighted by Gasteiger charge is 2.29. The SMILES string of the molecule is CC(C)[C@H](NC(=O)c1ccc(Cl)c(N2CCCCS2(=O)=O)c1)c1nc2ccccc2[nH]1. The van der Waals surface area contributed by atoms with Crippen molar-refractivity contribution < 1.29 is 13.2 Å². The second-order valence-corrected chi connectivity index (χ2v) is 10.5. The minimum atomic E-state index is -3.43. The molecule has 1 atom stereocenters. The number of amides is 1. The zero-order valence-corrected chi connectivity index (χ0v) is 19.0. The Morgan fingerprint density at radius 2 is 1.97 bits per heavy atom. The van der Waals surface area contributed by atoms with Crippen LogP contribution in [0.4, 0.5) is 5.69 Å². The molecule has 2 N–H and O–H groups in total. The Hall–Kier alpha value is -2.58. The number of H-pyrrole nitrogens is 1. The van der Waals surface area contributed by atoms with Crippen LogP contribution in [0.5, 0.6) is 0 Å². The summed E-state index contributed by atoms with van der Waals surface area (Å²) in [5, 5.41) is 3.34. The number of aromatic amines is 1. The number of benzene rings is 2. The third kappa shape index (κ3) is 4.41. The molecule has 9 heteroatoms. The van der Waals surface area contributed by atoms with Gasteiger partial charge in [0, 0.05) is 12.1 Å². The van der Waals surface area contributed by atoms with Crippen LogP contribution in [-0.2, 0) is 10.0 Å². The fourth-order valence-electron chi connectivity index (χ4n) is 3.80. The van der Waals surface area contributed by atoms with E-state index < -0.39 is 10.0 Å². The Morgan fingerprint density at radius 1 is 1.19 bits per heavy atom. The summed E-state index contributed by atoms with van der Waals surface area (Å²) in [6.45, 7) is 4.37. The van der Waals surface area contributed by atoms with Crippen molar-refractivity contribution in [3.63, 3.8) is 0 Å². The number of carbonyl (C=O) groups is 1. The third-order valence-electron chi connectivity index (χ3n) is 5.48.